The van der Waals surface area contributed by atoms with Gasteiger partial charge in [0.25, 0.3) is 0 Å². The van der Waals surface area contributed by atoms with E-state index in [1.54, 1.807) is 26.0 Å². The summed E-state index contributed by atoms with van der Waals surface area (Å²) in [5, 5.41) is 8.49. The summed E-state index contributed by atoms with van der Waals surface area (Å²) in [6.45, 7) is 3.35. The number of aliphatic carboxylic acids is 1. The van der Waals surface area contributed by atoms with Crippen LogP contribution >= 0.6 is 0 Å². The molecule has 0 bridgehead atoms. The van der Waals surface area contributed by atoms with Crippen LogP contribution in [-0.2, 0) is 4.79 Å². The average Bonchev–Trinajstić information content (AvgIpc) is 2.22. The third kappa shape index (κ3) is 4.86. The number of carboxylic acids is 1. The van der Waals surface area contributed by atoms with E-state index in [1.165, 1.54) is 6.07 Å². The minimum atomic E-state index is -0.998. The number of hydrogen-bond acceptors (Lipinski definition) is 1. The zero-order valence-electron chi connectivity index (χ0n) is 9.45. The standard InChI is InChI=1S/C13H11FO2Se/c1-9(7-13(15)16)5-6-17-11-3-4-12(14)10(2)8-11/h3-4,7-8H,1-2H3,(H,15,16). The van der Waals surface area contributed by atoms with Gasteiger partial charge in [0.1, 0.15) is 0 Å². The molecule has 0 fully saturated rings. The molecule has 4 heteroatoms. The van der Waals surface area contributed by atoms with Gasteiger partial charge in [0.15, 0.2) is 0 Å². The van der Waals surface area contributed by atoms with Gasteiger partial charge in [-0.3, -0.25) is 0 Å². The van der Waals surface area contributed by atoms with Crippen LogP contribution in [0.3, 0.4) is 0 Å². The van der Waals surface area contributed by atoms with Crippen molar-refractivity contribution >= 4 is 25.4 Å². The van der Waals surface area contributed by atoms with Gasteiger partial charge in [-0.1, -0.05) is 0 Å². The molecular weight excluding hydrogens is 286 g/mol. The normalized spacial score (nSPS) is 10.6. The molecule has 2 nitrogen and oxygen atoms in total. The van der Waals surface area contributed by atoms with Gasteiger partial charge in [0, 0.05) is 0 Å². The predicted octanol–water partition coefficient (Wildman–Crippen LogP) is 1.46. The van der Waals surface area contributed by atoms with Gasteiger partial charge in [-0.25, -0.2) is 0 Å². The molecule has 0 aromatic heterocycles. The average molecular weight is 297 g/mol. The molecule has 88 valence electrons. The first kappa shape index (κ1) is 13.5. The third-order valence-corrected chi connectivity index (χ3v) is 3.34. The molecule has 1 rings (SSSR count). The van der Waals surface area contributed by atoms with Crippen molar-refractivity contribution < 1.29 is 14.3 Å². The Hall–Kier alpha value is -1.56. The van der Waals surface area contributed by atoms with E-state index >= 15 is 0 Å². The van der Waals surface area contributed by atoms with Crippen LogP contribution in [0, 0.1) is 23.5 Å². The summed E-state index contributed by atoms with van der Waals surface area (Å²) >= 11 is -0.0912. The van der Waals surface area contributed by atoms with Crippen molar-refractivity contribution in [3.63, 3.8) is 0 Å². The van der Waals surface area contributed by atoms with Crippen molar-refractivity contribution in [3.8, 4) is 10.7 Å². The summed E-state index contributed by atoms with van der Waals surface area (Å²) in [7, 11) is 0. The van der Waals surface area contributed by atoms with Crippen LogP contribution in [0.1, 0.15) is 12.5 Å². The number of carbonyl (C=O) groups is 1. The molecule has 0 aliphatic carbocycles. The van der Waals surface area contributed by atoms with E-state index in [4.69, 9.17) is 5.11 Å². The summed E-state index contributed by atoms with van der Waals surface area (Å²) in [4.78, 5) is 13.3. The zero-order chi connectivity index (χ0) is 12.8. The van der Waals surface area contributed by atoms with E-state index in [-0.39, 0.29) is 20.8 Å². The van der Waals surface area contributed by atoms with Crippen LogP contribution < -0.4 is 4.46 Å². The van der Waals surface area contributed by atoms with Crippen LogP contribution in [0.25, 0.3) is 0 Å². The van der Waals surface area contributed by atoms with Gasteiger partial charge in [0.2, 0.25) is 0 Å². The fraction of sp³-hybridized carbons (Fsp3) is 0.154. The molecule has 0 heterocycles. The van der Waals surface area contributed by atoms with Crippen molar-refractivity contribution in [2.45, 2.75) is 13.8 Å². The molecule has 0 amide bonds. The van der Waals surface area contributed by atoms with Gasteiger partial charge in [-0.2, -0.15) is 0 Å². The summed E-state index contributed by atoms with van der Waals surface area (Å²) < 4.78 is 14.0. The van der Waals surface area contributed by atoms with Crippen LogP contribution in [0.15, 0.2) is 29.8 Å². The van der Waals surface area contributed by atoms with E-state index < -0.39 is 5.97 Å². The number of benzene rings is 1. The Morgan fingerprint density at radius 3 is 2.82 bits per heavy atom. The van der Waals surface area contributed by atoms with Crippen LogP contribution in [0.2, 0.25) is 0 Å². The van der Waals surface area contributed by atoms with E-state index in [0.29, 0.717) is 11.1 Å². The van der Waals surface area contributed by atoms with Gasteiger partial charge >= 0.3 is 105 Å². The van der Waals surface area contributed by atoms with Gasteiger partial charge in [-0.15, -0.1) is 0 Å². The number of aryl methyl sites for hydroxylation is 1. The summed E-state index contributed by atoms with van der Waals surface area (Å²) in [6.07, 6.45) is 1.07. The fourth-order valence-corrected chi connectivity index (χ4v) is 2.54. The second kappa shape index (κ2) is 6.24. The van der Waals surface area contributed by atoms with Gasteiger partial charge in [0.05, 0.1) is 0 Å². The predicted molar refractivity (Wildman–Crippen MR) is 65.7 cm³/mol. The Bertz CT molecular complexity index is 524. The zero-order valence-corrected chi connectivity index (χ0v) is 11.2. The Balaban J connectivity index is 2.71. The Morgan fingerprint density at radius 1 is 1.53 bits per heavy atom. The molecule has 17 heavy (non-hydrogen) atoms. The molecule has 1 N–H and O–H groups in total. The number of rotatable bonds is 2. The van der Waals surface area contributed by atoms with E-state index in [0.717, 1.165) is 10.5 Å². The van der Waals surface area contributed by atoms with E-state index in [1.807, 2.05) is 0 Å². The molecule has 0 radical (unpaired) electrons. The van der Waals surface area contributed by atoms with Crippen molar-refractivity contribution in [2.75, 3.05) is 0 Å². The Morgan fingerprint density at radius 2 is 2.24 bits per heavy atom. The quantitative estimate of drug-likeness (QED) is 0.510. The van der Waals surface area contributed by atoms with Crippen LogP contribution in [-0.4, -0.2) is 26.0 Å². The molecule has 0 aliphatic heterocycles. The monoisotopic (exact) mass is 298 g/mol. The van der Waals surface area contributed by atoms with Crippen molar-refractivity contribution in [3.05, 3.63) is 41.2 Å². The summed E-state index contributed by atoms with van der Waals surface area (Å²) in [6, 6.07) is 4.89. The molecule has 0 atom stereocenters. The molecule has 0 spiro atoms. The van der Waals surface area contributed by atoms with Crippen molar-refractivity contribution in [1.82, 2.24) is 0 Å². The fourth-order valence-electron chi connectivity index (χ4n) is 1.07. The number of hydrogen-bond donors (Lipinski definition) is 1. The number of carboxylic acid groups (broad SMARTS) is 1. The first-order valence-electron chi connectivity index (χ1n) is 4.84. The van der Waals surface area contributed by atoms with E-state index in [9.17, 15) is 9.18 Å². The van der Waals surface area contributed by atoms with E-state index in [2.05, 4.69) is 10.7 Å². The maximum absolute atomic E-state index is 13.0. The maximum atomic E-state index is 13.0. The summed E-state index contributed by atoms with van der Waals surface area (Å²) in [5.74, 6) is 1.54. The first-order valence-corrected chi connectivity index (χ1v) is 6.55. The first-order chi connectivity index (χ1) is 7.99. The Kier molecular flexibility index (Phi) is 4.96. The second-order valence-electron chi connectivity index (χ2n) is 3.41. The molecule has 0 aliphatic rings. The van der Waals surface area contributed by atoms with Crippen LogP contribution in [0.4, 0.5) is 4.39 Å². The third-order valence-electron chi connectivity index (χ3n) is 1.89. The van der Waals surface area contributed by atoms with Crippen molar-refractivity contribution in [1.29, 1.82) is 0 Å². The Labute approximate surface area is 106 Å². The number of halogens is 1. The number of allylic oxidation sites excluding steroid dienone is 1. The summed E-state index contributed by atoms with van der Waals surface area (Å²) in [5.41, 5.74) is 1.11. The topological polar surface area (TPSA) is 37.3 Å². The van der Waals surface area contributed by atoms with Gasteiger partial charge < -0.3 is 0 Å². The molecule has 1 aromatic rings. The van der Waals surface area contributed by atoms with Gasteiger partial charge in [-0.05, 0) is 0 Å². The molecule has 0 unspecified atom stereocenters. The van der Waals surface area contributed by atoms with Crippen LogP contribution in [0.5, 0.6) is 0 Å². The van der Waals surface area contributed by atoms with Crippen molar-refractivity contribution in [2.24, 2.45) is 0 Å². The molecule has 0 saturated carbocycles. The molecular formula is C13H11FO2Se. The second-order valence-corrected chi connectivity index (χ2v) is 5.25. The SMILES string of the molecule is CC(C#C[Se]c1ccc(F)c(C)c1)=CC(=O)O. The molecule has 1 aromatic carbocycles. The molecule has 0 saturated heterocycles. The minimum absolute atomic E-state index is 0.0912.